The van der Waals surface area contributed by atoms with E-state index in [0.29, 0.717) is 17.2 Å². The zero-order valence-electron chi connectivity index (χ0n) is 13.2. The molecule has 0 spiro atoms. The van der Waals surface area contributed by atoms with Crippen LogP contribution in [0.5, 0.6) is 0 Å². The number of rotatable bonds is 3. The van der Waals surface area contributed by atoms with E-state index in [0.717, 1.165) is 36.8 Å². The molecule has 0 amide bonds. The zero-order chi connectivity index (χ0) is 15.0. The molecule has 0 unspecified atom stereocenters. The summed E-state index contributed by atoms with van der Waals surface area (Å²) in [4.78, 5) is 4.20. The average molecular weight is 276 g/mol. The lowest BCUT2D eigenvalue weighted by atomic mass is 9.65. The lowest BCUT2D eigenvalue weighted by Crippen LogP contribution is -2.37. The van der Waals surface area contributed by atoms with E-state index in [2.05, 4.69) is 25.8 Å². The number of nitrogens with zero attached hydrogens (tertiary/aromatic N) is 1. The SMILES string of the molecule is CCC(C)(C)C1CCC(O)(c2cc(C)cnc2N)CC1. The van der Waals surface area contributed by atoms with Crippen molar-refractivity contribution in [3.05, 3.63) is 23.4 Å². The second-order valence-corrected chi connectivity index (χ2v) is 7.09. The number of pyridine rings is 1. The van der Waals surface area contributed by atoms with Gasteiger partial charge in [-0.05, 0) is 55.6 Å². The minimum absolute atomic E-state index is 0.359. The number of hydrogen-bond acceptors (Lipinski definition) is 3. The van der Waals surface area contributed by atoms with Crippen LogP contribution >= 0.6 is 0 Å². The van der Waals surface area contributed by atoms with E-state index >= 15 is 0 Å². The Hall–Kier alpha value is -1.09. The Morgan fingerprint density at radius 3 is 2.55 bits per heavy atom. The minimum Gasteiger partial charge on any atom is -0.385 e. The fourth-order valence-electron chi connectivity index (χ4n) is 3.39. The summed E-state index contributed by atoms with van der Waals surface area (Å²) in [6, 6.07) is 1.99. The van der Waals surface area contributed by atoms with E-state index in [-0.39, 0.29) is 0 Å². The highest BCUT2D eigenvalue weighted by atomic mass is 16.3. The number of nitrogen functional groups attached to an aromatic ring is 1. The largest absolute Gasteiger partial charge is 0.385 e. The van der Waals surface area contributed by atoms with Gasteiger partial charge in [-0.1, -0.05) is 27.2 Å². The van der Waals surface area contributed by atoms with E-state index in [1.54, 1.807) is 6.20 Å². The highest BCUT2D eigenvalue weighted by molar-refractivity contribution is 5.45. The molecule has 1 fully saturated rings. The summed E-state index contributed by atoms with van der Waals surface area (Å²) in [6.07, 6.45) is 6.64. The second kappa shape index (κ2) is 5.36. The van der Waals surface area contributed by atoms with Gasteiger partial charge in [0.2, 0.25) is 0 Å². The molecule has 112 valence electrons. The van der Waals surface area contributed by atoms with Crippen molar-refractivity contribution in [2.45, 2.75) is 65.4 Å². The van der Waals surface area contributed by atoms with Crippen LogP contribution in [0.2, 0.25) is 0 Å². The van der Waals surface area contributed by atoms with Crippen LogP contribution < -0.4 is 5.73 Å². The van der Waals surface area contributed by atoms with Crippen LogP contribution in [0.15, 0.2) is 12.3 Å². The molecule has 0 saturated heterocycles. The molecule has 3 nitrogen and oxygen atoms in total. The van der Waals surface area contributed by atoms with Crippen molar-refractivity contribution in [1.82, 2.24) is 4.98 Å². The fourth-order valence-corrected chi connectivity index (χ4v) is 3.39. The number of aromatic nitrogens is 1. The minimum atomic E-state index is -0.788. The van der Waals surface area contributed by atoms with Gasteiger partial charge in [0.05, 0.1) is 5.60 Å². The summed E-state index contributed by atoms with van der Waals surface area (Å²) in [5, 5.41) is 11.0. The predicted octanol–water partition coefficient (Wildman–Crippen LogP) is 3.79. The lowest BCUT2D eigenvalue weighted by molar-refractivity contribution is -0.0324. The van der Waals surface area contributed by atoms with Crippen molar-refractivity contribution < 1.29 is 5.11 Å². The molecule has 20 heavy (non-hydrogen) atoms. The molecule has 0 aliphatic heterocycles. The first-order valence-corrected chi connectivity index (χ1v) is 7.73. The second-order valence-electron chi connectivity index (χ2n) is 7.09. The van der Waals surface area contributed by atoms with Crippen LogP contribution in [-0.4, -0.2) is 10.1 Å². The molecule has 0 radical (unpaired) electrons. The van der Waals surface area contributed by atoms with E-state index < -0.39 is 5.60 Å². The van der Waals surface area contributed by atoms with Crippen molar-refractivity contribution in [3.63, 3.8) is 0 Å². The van der Waals surface area contributed by atoms with E-state index in [9.17, 15) is 5.11 Å². The molecule has 1 aliphatic carbocycles. The average Bonchev–Trinajstić information content (AvgIpc) is 2.42. The Kier molecular flexibility index (Phi) is 4.10. The fraction of sp³-hybridized carbons (Fsp3) is 0.706. The van der Waals surface area contributed by atoms with E-state index in [4.69, 9.17) is 5.73 Å². The van der Waals surface area contributed by atoms with E-state index in [1.165, 1.54) is 6.42 Å². The number of aliphatic hydroxyl groups is 1. The van der Waals surface area contributed by atoms with Gasteiger partial charge >= 0.3 is 0 Å². The van der Waals surface area contributed by atoms with Crippen molar-refractivity contribution in [2.24, 2.45) is 11.3 Å². The van der Waals surface area contributed by atoms with Gasteiger partial charge in [0.25, 0.3) is 0 Å². The third-order valence-electron chi connectivity index (χ3n) is 5.39. The third-order valence-corrected chi connectivity index (χ3v) is 5.39. The van der Waals surface area contributed by atoms with Crippen molar-refractivity contribution in [2.75, 3.05) is 5.73 Å². The van der Waals surface area contributed by atoms with Crippen LogP contribution in [0.1, 0.15) is 64.0 Å². The molecule has 0 aromatic carbocycles. The molecule has 0 bridgehead atoms. The van der Waals surface area contributed by atoms with Crippen LogP contribution in [0.25, 0.3) is 0 Å². The van der Waals surface area contributed by atoms with Gasteiger partial charge in [-0.15, -0.1) is 0 Å². The quantitative estimate of drug-likeness (QED) is 0.883. The molecule has 1 heterocycles. The maximum absolute atomic E-state index is 11.0. The van der Waals surface area contributed by atoms with Crippen molar-refractivity contribution in [1.29, 1.82) is 0 Å². The summed E-state index contributed by atoms with van der Waals surface area (Å²) in [5.74, 6) is 1.16. The summed E-state index contributed by atoms with van der Waals surface area (Å²) >= 11 is 0. The van der Waals surface area contributed by atoms with Crippen molar-refractivity contribution in [3.8, 4) is 0 Å². The van der Waals surface area contributed by atoms with Gasteiger partial charge in [-0.25, -0.2) is 4.98 Å². The molecule has 1 aromatic rings. The Morgan fingerprint density at radius 1 is 1.40 bits per heavy atom. The summed E-state index contributed by atoms with van der Waals surface area (Å²) in [6.45, 7) is 8.92. The number of anilines is 1. The molecule has 3 heteroatoms. The first-order chi connectivity index (χ1) is 9.28. The Morgan fingerprint density at radius 2 is 2.00 bits per heavy atom. The Bertz CT molecular complexity index is 474. The molecule has 1 aliphatic rings. The van der Waals surface area contributed by atoms with Crippen LogP contribution in [0, 0.1) is 18.3 Å². The number of aryl methyl sites for hydroxylation is 1. The van der Waals surface area contributed by atoms with Gasteiger partial charge < -0.3 is 10.8 Å². The summed E-state index contributed by atoms with van der Waals surface area (Å²) in [5.41, 5.74) is 7.43. The van der Waals surface area contributed by atoms with Crippen molar-refractivity contribution >= 4 is 5.82 Å². The van der Waals surface area contributed by atoms with Crippen LogP contribution in [-0.2, 0) is 5.60 Å². The van der Waals surface area contributed by atoms with Gasteiger partial charge in [0.1, 0.15) is 5.82 Å². The van der Waals surface area contributed by atoms with Crippen LogP contribution in [0.4, 0.5) is 5.82 Å². The Labute approximate surface area is 122 Å². The van der Waals surface area contributed by atoms with Gasteiger partial charge in [0.15, 0.2) is 0 Å². The molecular weight excluding hydrogens is 248 g/mol. The molecule has 1 aromatic heterocycles. The first kappa shape index (κ1) is 15.3. The molecule has 1 saturated carbocycles. The molecular formula is C17H28N2O. The molecule has 3 N–H and O–H groups in total. The molecule has 2 rings (SSSR count). The maximum atomic E-state index is 11.0. The van der Waals surface area contributed by atoms with Gasteiger partial charge in [0, 0.05) is 11.8 Å². The summed E-state index contributed by atoms with van der Waals surface area (Å²) < 4.78 is 0. The third kappa shape index (κ3) is 2.83. The van der Waals surface area contributed by atoms with Gasteiger partial charge in [-0.2, -0.15) is 0 Å². The summed E-state index contributed by atoms with van der Waals surface area (Å²) in [7, 11) is 0. The smallest absolute Gasteiger partial charge is 0.129 e. The van der Waals surface area contributed by atoms with Crippen LogP contribution in [0.3, 0.4) is 0 Å². The number of hydrogen-bond donors (Lipinski definition) is 2. The topological polar surface area (TPSA) is 59.1 Å². The predicted molar refractivity (Wildman–Crippen MR) is 83.3 cm³/mol. The van der Waals surface area contributed by atoms with Gasteiger partial charge in [-0.3, -0.25) is 0 Å². The maximum Gasteiger partial charge on any atom is 0.129 e. The normalized spacial score (nSPS) is 27.6. The first-order valence-electron chi connectivity index (χ1n) is 7.73. The highest BCUT2D eigenvalue weighted by Crippen LogP contribution is 2.47. The monoisotopic (exact) mass is 276 g/mol. The highest BCUT2D eigenvalue weighted by Gasteiger charge is 2.40. The number of nitrogens with two attached hydrogens (primary N) is 1. The zero-order valence-corrected chi connectivity index (χ0v) is 13.2. The standard InChI is InChI=1S/C17H28N2O/c1-5-16(3,4)13-6-8-17(20,9-7-13)14-10-12(2)11-19-15(14)18/h10-11,13,20H,5-9H2,1-4H3,(H2,18,19). The lowest BCUT2D eigenvalue weighted by Gasteiger charge is -2.43. The molecule has 0 atom stereocenters. The Balaban J connectivity index is 2.18. The van der Waals surface area contributed by atoms with E-state index in [1.807, 2.05) is 13.0 Å².